The molecule has 0 saturated heterocycles. The number of hydrogen-bond donors (Lipinski definition) is 3. The van der Waals surface area contributed by atoms with Gasteiger partial charge in [-0.2, -0.15) is 0 Å². The number of aromatic hydroxyl groups is 3. The zero-order valence-electron chi connectivity index (χ0n) is 15.1. The summed E-state index contributed by atoms with van der Waals surface area (Å²) in [6.45, 7) is 1.90. The first-order valence-electron chi connectivity index (χ1n) is 8.62. The number of aliphatic imine (C=N–C) groups is 1. The molecule has 0 amide bonds. The first kappa shape index (κ1) is 18.9. The monoisotopic (exact) mass is 413 g/mol. The van der Waals surface area contributed by atoms with Crippen LogP contribution in [0.5, 0.6) is 17.2 Å². The molecule has 0 radical (unpaired) electrons. The Balaban J connectivity index is 1.89. The molecular formula is C20H15NO7S. The van der Waals surface area contributed by atoms with E-state index in [-0.39, 0.29) is 57.7 Å². The van der Waals surface area contributed by atoms with Crippen LogP contribution >= 0.6 is 11.8 Å². The highest BCUT2D eigenvalue weighted by atomic mass is 32.2. The van der Waals surface area contributed by atoms with E-state index in [1.54, 1.807) is 13.0 Å². The fraction of sp³-hybridized carbons (Fsp3) is 0.150. The number of thioether (sulfide) groups is 1. The second-order valence-electron chi connectivity index (χ2n) is 6.19. The highest BCUT2D eigenvalue weighted by molar-refractivity contribution is 8.00. The van der Waals surface area contributed by atoms with Crippen molar-refractivity contribution in [2.24, 2.45) is 4.99 Å². The van der Waals surface area contributed by atoms with Crippen LogP contribution in [-0.4, -0.2) is 39.4 Å². The predicted octanol–water partition coefficient (Wildman–Crippen LogP) is 3.32. The normalized spacial score (nSPS) is 13.1. The quantitative estimate of drug-likeness (QED) is 0.558. The lowest BCUT2D eigenvalue weighted by Gasteiger charge is -2.18. The summed E-state index contributed by atoms with van der Waals surface area (Å²) in [5, 5.41) is 29.8. The number of hydrogen-bond acceptors (Lipinski definition) is 9. The molecule has 0 fully saturated rings. The number of rotatable bonds is 3. The molecule has 1 aromatic heterocycles. The Morgan fingerprint density at radius 1 is 1.21 bits per heavy atom. The molecular weight excluding hydrogens is 398 g/mol. The maximum atomic E-state index is 12.5. The number of phenolic OH excluding ortho intramolecular Hbond substituents is 3. The number of esters is 1. The second-order valence-corrected chi connectivity index (χ2v) is 7.18. The van der Waals surface area contributed by atoms with E-state index in [2.05, 4.69) is 4.99 Å². The van der Waals surface area contributed by atoms with E-state index in [9.17, 15) is 24.9 Å². The van der Waals surface area contributed by atoms with Crippen LogP contribution in [-0.2, 0) is 9.53 Å². The number of ether oxygens (including phenoxy) is 1. The highest BCUT2D eigenvalue weighted by Gasteiger charge is 2.25. The molecule has 0 spiro atoms. The van der Waals surface area contributed by atoms with Crippen molar-refractivity contribution in [3.8, 4) is 28.6 Å². The standard InChI is InChI=1S/C20H15NO7S/c1-2-27-20(26)11-8-29-19-10(3-4-12(23)18(19)21-11)15-7-14(25)17-13(24)5-9(22)6-16(17)28-15/h3-7,22-24H,2,8H2,1H3. The molecule has 3 aromatic rings. The van der Waals surface area contributed by atoms with Gasteiger partial charge >= 0.3 is 5.97 Å². The van der Waals surface area contributed by atoms with E-state index in [4.69, 9.17) is 9.15 Å². The first-order valence-corrected chi connectivity index (χ1v) is 9.61. The third kappa shape index (κ3) is 3.29. The molecule has 0 bridgehead atoms. The van der Waals surface area contributed by atoms with E-state index in [0.717, 1.165) is 6.07 Å². The molecule has 2 heterocycles. The van der Waals surface area contributed by atoms with Crippen LogP contribution in [0.4, 0.5) is 5.69 Å². The zero-order chi connectivity index (χ0) is 20.7. The van der Waals surface area contributed by atoms with E-state index < -0.39 is 11.4 Å². The van der Waals surface area contributed by atoms with Crippen molar-refractivity contribution in [2.75, 3.05) is 12.4 Å². The summed E-state index contributed by atoms with van der Waals surface area (Å²) < 4.78 is 10.7. The Hall–Kier alpha value is -3.46. The molecule has 0 saturated carbocycles. The van der Waals surface area contributed by atoms with Crippen LogP contribution in [0.25, 0.3) is 22.3 Å². The number of benzene rings is 2. The first-order chi connectivity index (χ1) is 13.9. The molecule has 4 rings (SSSR count). The van der Waals surface area contributed by atoms with Crippen LogP contribution in [0.15, 0.2) is 49.4 Å². The number of carbonyl (C=O) groups is 1. The lowest BCUT2D eigenvalue weighted by molar-refractivity contribution is -0.135. The van der Waals surface area contributed by atoms with Crippen molar-refractivity contribution < 1.29 is 29.3 Å². The SMILES string of the molecule is CCOC(=O)C1=Nc2c(O)ccc(-c3cc(=O)c4c(O)cc(O)cc4o3)c2SC1. The maximum Gasteiger partial charge on any atom is 0.353 e. The van der Waals surface area contributed by atoms with Crippen LogP contribution in [0.2, 0.25) is 0 Å². The van der Waals surface area contributed by atoms with Gasteiger partial charge in [-0.25, -0.2) is 9.79 Å². The Kier molecular flexibility index (Phi) is 4.67. The summed E-state index contributed by atoms with van der Waals surface area (Å²) in [5.41, 5.74) is 0.367. The number of phenols is 3. The van der Waals surface area contributed by atoms with Crippen molar-refractivity contribution in [3.63, 3.8) is 0 Å². The fourth-order valence-electron chi connectivity index (χ4n) is 3.02. The van der Waals surface area contributed by atoms with Crippen molar-refractivity contribution >= 4 is 40.1 Å². The predicted molar refractivity (Wildman–Crippen MR) is 107 cm³/mol. The van der Waals surface area contributed by atoms with Gasteiger partial charge in [-0.05, 0) is 19.1 Å². The molecule has 0 unspecified atom stereocenters. The summed E-state index contributed by atoms with van der Waals surface area (Å²) in [7, 11) is 0. The minimum Gasteiger partial charge on any atom is -0.508 e. The van der Waals surface area contributed by atoms with E-state index in [1.165, 1.54) is 30.0 Å². The van der Waals surface area contributed by atoms with Crippen LogP contribution in [0.1, 0.15) is 6.92 Å². The Labute approximate surface area is 168 Å². The van der Waals surface area contributed by atoms with Crippen molar-refractivity contribution in [3.05, 3.63) is 40.6 Å². The molecule has 8 nitrogen and oxygen atoms in total. The average molecular weight is 413 g/mol. The summed E-state index contributed by atoms with van der Waals surface area (Å²) in [4.78, 5) is 29.2. The van der Waals surface area contributed by atoms with Gasteiger partial charge in [-0.1, -0.05) is 0 Å². The van der Waals surface area contributed by atoms with Crippen LogP contribution in [0, 0.1) is 0 Å². The number of nitrogens with zero attached hydrogens (tertiary/aromatic N) is 1. The number of fused-ring (bicyclic) bond motifs is 2. The molecule has 0 aliphatic carbocycles. The smallest absolute Gasteiger partial charge is 0.353 e. The fourth-order valence-corrected chi connectivity index (χ4v) is 4.10. The van der Waals surface area contributed by atoms with Gasteiger partial charge in [0, 0.05) is 34.4 Å². The van der Waals surface area contributed by atoms with Gasteiger partial charge in [0.15, 0.2) is 5.43 Å². The largest absolute Gasteiger partial charge is 0.508 e. The average Bonchev–Trinajstić information content (AvgIpc) is 2.67. The van der Waals surface area contributed by atoms with E-state index >= 15 is 0 Å². The molecule has 0 atom stereocenters. The van der Waals surface area contributed by atoms with Gasteiger partial charge in [0.2, 0.25) is 0 Å². The third-order valence-corrected chi connectivity index (χ3v) is 5.40. The summed E-state index contributed by atoms with van der Waals surface area (Å²) in [6.07, 6.45) is 0. The van der Waals surface area contributed by atoms with Gasteiger partial charge in [0.25, 0.3) is 0 Å². The van der Waals surface area contributed by atoms with Crippen molar-refractivity contribution in [2.45, 2.75) is 11.8 Å². The van der Waals surface area contributed by atoms with Crippen LogP contribution in [0.3, 0.4) is 0 Å². The van der Waals surface area contributed by atoms with Gasteiger partial charge < -0.3 is 24.5 Å². The third-order valence-electron chi connectivity index (χ3n) is 4.28. The van der Waals surface area contributed by atoms with Crippen molar-refractivity contribution in [1.29, 1.82) is 0 Å². The minimum absolute atomic E-state index is 0.0170. The highest BCUT2D eigenvalue weighted by Crippen LogP contribution is 2.46. The van der Waals surface area contributed by atoms with Gasteiger partial charge in [-0.15, -0.1) is 11.8 Å². The molecule has 1 aliphatic heterocycles. The lowest BCUT2D eigenvalue weighted by atomic mass is 10.1. The van der Waals surface area contributed by atoms with Crippen LogP contribution < -0.4 is 5.43 Å². The molecule has 9 heteroatoms. The van der Waals surface area contributed by atoms with Gasteiger partial charge in [0.05, 0.1) is 6.61 Å². The summed E-state index contributed by atoms with van der Waals surface area (Å²) in [6, 6.07) is 6.46. The topological polar surface area (TPSA) is 130 Å². The Morgan fingerprint density at radius 3 is 2.76 bits per heavy atom. The number of carbonyl (C=O) groups excluding carboxylic acids is 1. The Morgan fingerprint density at radius 2 is 2.00 bits per heavy atom. The van der Waals surface area contributed by atoms with Gasteiger partial charge in [0.1, 0.15) is 45.4 Å². The molecule has 148 valence electrons. The second kappa shape index (κ2) is 7.17. The summed E-state index contributed by atoms with van der Waals surface area (Å²) >= 11 is 1.25. The molecule has 3 N–H and O–H groups in total. The Bertz CT molecular complexity index is 1250. The summed E-state index contributed by atoms with van der Waals surface area (Å²) in [5.74, 6) is -0.921. The minimum atomic E-state index is -0.557. The molecule has 1 aliphatic rings. The van der Waals surface area contributed by atoms with E-state index in [1.807, 2.05) is 0 Å². The zero-order valence-corrected chi connectivity index (χ0v) is 15.9. The van der Waals surface area contributed by atoms with Gasteiger partial charge in [-0.3, -0.25) is 4.79 Å². The van der Waals surface area contributed by atoms with Crippen molar-refractivity contribution in [1.82, 2.24) is 0 Å². The molecule has 29 heavy (non-hydrogen) atoms. The molecule has 2 aromatic carbocycles. The lowest BCUT2D eigenvalue weighted by Crippen LogP contribution is -2.21. The van der Waals surface area contributed by atoms with E-state index in [0.29, 0.717) is 10.5 Å². The maximum absolute atomic E-state index is 12.5.